The quantitative estimate of drug-likeness (QED) is 0.799. The van der Waals surface area contributed by atoms with E-state index in [9.17, 15) is 9.59 Å². The first-order valence-electron chi connectivity index (χ1n) is 10.5. The maximum Gasteiger partial charge on any atom is 0.276 e. The van der Waals surface area contributed by atoms with E-state index in [2.05, 4.69) is 34.6 Å². The van der Waals surface area contributed by atoms with Crippen LogP contribution in [0.4, 0.5) is 0 Å². The average Bonchev–Trinajstić information content (AvgIpc) is 3.12. The van der Waals surface area contributed by atoms with Crippen LogP contribution in [0.25, 0.3) is 0 Å². The van der Waals surface area contributed by atoms with Gasteiger partial charge in [0, 0.05) is 32.6 Å². The van der Waals surface area contributed by atoms with E-state index >= 15 is 0 Å². The molecule has 0 saturated carbocycles. The Labute approximate surface area is 171 Å². The maximum atomic E-state index is 13.2. The Bertz CT molecular complexity index is 906. The summed E-state index contributed by atoms with van der Waals surface area (Å²) in [6.07, 6.45) is 8.36. The normalized spacial score (nSPS) is 21.5. The number of hydrogen-bond acceptors (Lipinski definition) is 4. The van der Waals surface area contributed by atoms with Crippen molar-refractivity contribution < 1.29 is 9.59 Å². The third-order valence-electron chi connectivity index (χ3n) is 6.36. The number of carbonyl (C=O) groups is 2. The van der Waals surface area contributed by atoms with Gasteiger partial charge in [-0.05, 0) is 43.2 Å². The number of likely N-dealkylation sites (tertiary alicyclic amines) is 1. The van der Waals surface area contributed by atoms with Crippen molar-refractivity contribution in [3.8, 4) is 0 Å². The molecule has 1 aliphatic heterocycles. The zero-order chi connectivity index (χ0) is 20.4. The van der Waals surface area contributed by atoms with Gasteiger partial charge >= 0.3 is 0 Å². The minimum absolute atomic E-state index is 0.0396. The van der Waals surface area contributed by atoms with Gasteiger partial charge in [-0.25, -0.2) is 4.68 Å². The number of aryl methyl sites for hydroxylation is 1. The summed E-state index contributed by atoms with van der Waals surface area (Å²) in [7, 11) is 3.40. The zero-order valence-electron chi connectivity index (χ0n) is 17.3. The van der Waals surface area contributed by atoms with Crippen molar-refractivity contribution in [1.29, 1.82) is 0 Å². The Morgan fingerprint density at radius 2 is 1.93 bits per heavy atom. The Kier molecular flexibility index (Phi) is 5.39. The molecular weight excluding hydrogens is 366 g/mol. The van der Waals surface area contributed by atoms with Gasteiger partial charge in [0.05, 0.1) is 6.20 Å². The minimum atomic E-state index is -0.0886. The SMILES string of the molecule is CN(C)C(=O)Cn1cc(C(=O)N2CCCC3(CCCCc4ccccc43)C2)nn1. The lowest BCUT2D eigenvalue weighted by Gasteiger charge is -2.43. The van der Waals surface area contributed by atoms with Crippen molar-refractivity contribution in [2.45, 2.75) is 50.5 Å². The highest BCUT2D eigenvalue weighted by Crippen LogP contribution is 2.42. The first-order chi connectivity index (χ1) is 14.0. The molecule has 1 aromatic heterocycles. The van der Waals surface area contributed by atoms with Crippen molar-refractivity contribution in [2.24, 2.45) is 0 Å². The summed E-state index contributed by atoms with van der Waals surface area (Å²) in [5.41, 5.74) is 3.22. The first-order valence-corrected chi connectivity index (χ1v) is 10.5. The van der Waals surface area contributed by atoms with E-state index in [1.807, 2.05) is 4.90 Å². The Morgan fingerprint density at radius 3 is 2.76 bits per heavy atom. The number of hydrogen-bond donors (Lipinski definition) is 0. The van der Waals surface area contributed by atoms with Crippen LogP contribution in [-0.2, 0) is 23.2 Å². The molecule has 4 rings (SSSR count). The highest BCUT2D eigenvalue weighted by atomic mass is 16.2. The van der Waals surface area contributed by atoms with Gasteiger partial charge in [0.2, 0.25) is 5.91 Å². The largest absolute Gasteiger partial charge is 0.347 e. The maximum absolute atomic E-state index is 13.2. The number of aromatic nitrogens is 3. The van der Waals surface area contributed by atoms with E-state index in [0.29, 0.717) is 5.69 Å². The number of likely N-dealkylation sites (N-methyl/N-ethyl adjacent to an activating group) is 1. The number of fused-ring (bicyclic) bond motifs is 2. The van der Waals surface area contributed by atoms with Gasteiger partial charge in [0.15, 0.2) is 5.69 Å². The summed E-state index contributed by atoms with van der Waals surface area (Å²) in [6, 6.07) is 8.76. The van der Waals surface area contributed by atoms with Crippen LogP contribution in [0.5, 0.6) is 0 Å². The number of nitrogens with zero attached hydrogens (tertiary/aromatic N) is 5. The van der Waals surface area contributed by atoms with Crippen LogP contribution in [-0.4, -0.2) is 63.8 Å². The van der Waals surface area contributed by atoms with Crippen molar-refractivity contribution in [2.75, 3.05) is 27.2 Å². The lowest BCUT2D eigenvalue weighted by atomic mass is 9.70. The van der Waals surface area contributed by atoms with Crippen LogP contribution in [0.15, 0.2) is 30.5 Å². The molecule has 2 amide bonds. The van der Waals surface area contributed by atoms with Crippen LogP contribution >= 0.6 is 0 Å². The smallest absolute Gasteiger partial charge is 0.276 e. The fraction of sp³-hybridized carbons (Fsp3) is 0.545. The summed E-state index contributed by atoms with van der Waals surface area (Å²) in [5.74, 6) is -0.171. The summed E-state index contributed by atoms with van der Waals surface area (Å²) < 4.78 is 1.44. The Morgan fingerprint density at radius 1 is 1.14 bits per heavy atom. The van der Waals surface area contributed by atoms with E-state index in [4.69, 9.17) is 0 Å². The van der Waals surface area contributed by atoms with Crippen LogP contribution in [0, 0.1) is 0 Å². The molecule has 0 radical (unpaired) electrons. The number of carbonyl (C=O) groups excluding carboxylic acids is 2. The highest BCUT2D eigenvalue weighted by molar-refractivity contribution is 5.92. The van der Waals surface area contributed by atoms with E-state index < -0.39 is 0 Å². The highest BCUT2D eigenvalue weighted by Gasteiger charge is 2.40. The molecule has 7 nitrogen and oxygen atoms in total. The number of piperidine rings is 1. The van der Waals surface area contributed by atoms with Gasteiger partial charge in [0.25, 0.3) is 5.91 Å². The molecule has 2 aromatic rings. The number of benzene rings is 1. The summed E-state index contributed by atoms with van der Waals surface area (Å²) in [4.78, 5) is 28.5. The van der Waals surface area contributed by atoms with E-state index in [1.165, 1.54) is 33.6 Å². The second-order valence-electron chi connectivity index (χ2n) is 8.56. The Hall–Kier alpha value is -2.70. The fourth-order valence-electron chi connectivity index (χ4n) is 4.81. The van der Waals surface area contributed by atoms with Crippen molar-refractivity contribution >= 4 is 11.8 Å². The third kappa shape index (κ3) is 3.91. The van der Waals surface area contributed by atoms with Crippen LogP contribution in [0.3, 0.4) is 0 Å². The van der Waals surface area contributed by atoms with Crippen molar-refractivity contribution in [3.05, 3.63) is 47.3 Å². The molecule has 29 heavy (non-hydrogen) atoms. The second kappa shape index (κ2) is 7.97. The number of rotatable bonds is 3. The molecule has 1 aromatic carbocycles. The van der Waals surface area contributed by atoms with Crippen molar-refractivity contribution in [3.63, 3.8) is 0 Å². The van der Waals surface area contributed by atoms with Crippen LogP contribution in [0.1, 0.15) is 53.7 Å². The predicted molar refractivity (Wildman–Crippen MR) is 110 cm³/mol. The van der Waals surface area contributed by atoms with E-state index in [1.54, 1.807) is 20.3 Å². The molecule has 0 bridgehead atoms. The van der Waals surface area contributed by atoms with Gasteiger partial charge in [-0.3, -0.25) is 9.59 Å². The molecule has 7 heteroatoms. The lowest BCUT2D eigenvalue weighted by Crippen LogP contribution is -2.48. The topological polar surface area (TPSA) is 71.3 Å². The zero-order valence-corrected chi connectivity index (χ0v) is 17.3. The van der Waals surface area contributed by atoms with E-state index in [0.717, 1.165) is 38.8 Å². The van der Waals surface area contributed by atoms with Crippen LogP contribution < -0.4 is 0 Å². The molecule has 1 spiro atoms. The average molecular weight is 396 g/mol. The molecule has 1 unspecified atom stereocenters. The van der Waals surface area contributed by atoms with Crippen molar-refractivity contribution in [1.82, 2.24) is 24.8 Å². The Balaban J connectivity index is 1.54. The molecule has 1 aliphatic carbocycles. The third-order valence-corrected chi connectivity index (χ3v) is 6.36. The molecule has 0 N–H and O–H groups in total. The fourth-order valence-corrected chi connectivity index (χ4v) is 4.81. The summed E-state index contributed by atoms with van der Waals surface area (Å²) in [6.45, 7) is 1.56. The molecule has 154 valence electrons. The van der Waals surface area contributed by atoms with Gasteiger partial charge in [0.1, 0.15) is 6.54 Å². The molecule has 2 aliphatic rings. The van der Waals surface area contributed by atoms with Gasteiger partial charge in [-0.15, -0.1) is 5.10 Å². The number of amides is 2. The molecule has 1 fully saturated rings. The molecular formula is C22H29N5O2. The van der Waals surface area contributed by atoms with Gasteiger partial charge in [-0.2, -0.15) is 0 Å². The molecule has 1 atom stereocenters. The molecule has 2 heterocycles. The summed E-state index contributed by atoms with van der Waals surface area (Å²) >= 11 is 0. The second-order valence-corrected chi connectivity index (χ2v) is 8.56. The minimum Gasteiger partial charge on any atom is -0.347 e. The molecule has 1 saturated heterocycles. The summed E-state index contributed by atoms with van der Waals surface area (Å²) in [5, 5.41) is 8.03. The van der Waals surface area contributed by atoms with Crippen LogP contribution in [0.2, 0.25) is 0 Å². The van der Waals surface area contributed by atoms with E-state index in [-0.39, 0.29) is 23.8 Å². The monoisotopic (exact) mass is 395 g/mol. The van der Waals surface area contributed by atoms with Gasteiger partial charge < -0.3 is 9.80 Å². The van der Waals surface area contributed by atoms with Gasteiger partial charge in [-0.1, -0.05) is 35.9 Å². The standard InChI is InChI=1S/C22H29N5O2/c1-25(2)20(28)15-27-14-19(23-24-27)21(29)26-13-7-12-22(16-26)11-6-5-9-17-8-3-4-10-18(17)22/h3-4,8,10,14H,5-7,9,11-13,15-16H2,1-2H3. The first kappa shape index (κ1) is 19.6. The predicted octanol–water partition coefficient (Wildman–Crippen LogP) is 2.27. The lowest BCUT2D eigenvalue weighted by molar-refractivity contribution is -0.129.